The van der Waals surface area contributed by atoms with Crippen LogP contribution in [-0.4, -0.2) is 36.1 Å². The SMILES string of the molecule is NC(C(=O)O)C(=O)C1CCOCC1. The first-order chi connectivity index (χ1) is 6.13. The van der Waals surface area contributed by atoms with Crippen molar-refractivity contribution >= 4 is 11.8 Å². The summed E-state index contributed by atoms with van der Waals surface area (Å²) in [6.45, 7) is 1.03. The normalized spacial score (nSPS) is 21.0. The van der Waals surface area contributed by atoms with E-state index in [9.17, 15) is 9.59 Å². The van der Waals surface area contributed by atoms with Gasteiger partial charge in [-0.25, -0.2) is 0 Å². The molecule has 1 aliphatic rings. The second-order valence-corrected chi connectivity index (χ2v) is 3.10. The Balaban J connectivity index is 2.50. The molecule has 1 heterocycles. The van der Waals surface area contributed by atoms with Gasteiger partial charge < -0.3 is 15.6 Å². The Hall–Kier alpha value is -0.940. The van der Waals surface area contributed by atoms with Crippen LogP contribution in [0.2, 0.25) is 0 Å². The summed E-state index contributed by atoms with van der Waals surface area (Å²) in [4.78, 5) is 21.8. The van der Waals surface area contributed by atoms with E-state index < -0.39 is 12.0 Å². The van der Waals surface area contributed by atoms with Gasteiger partial charge in [-0.3, -0.25) is 9.59 Å². The molecule has 0 radical (unpaired) electrons. The molecule has 0 aromatic heterocycles. The largest absolute Gasteiger partial charge is 0.480 e. The van der Waals surface area contributed by atoms with Crippen LogP contribution in [0, 0.1) is 5.92 Å². The smallest absolute Gasteiger partial charge is 0.328 e. The Morgan fingerprint density at radius 1 is 1.38 bits per heavy atom. The molecule has 1 atom stereocenters. The summed E-state index contributed by atoms with van der Waals surface area (Å²) in [5, 5.41) is 8.51. The van der Waals surface area contributed by atoms with Crippen molar-refractivity contribution in [3.05, 3.63) is 0 Å². The van der Waals surface area contributed by atoms with Gasteiger partial charge >= 0.3 is 5.97 Å². The zero-order valence-corrected chi connectivity index (χ0v) is 7.23. The number of carbonyl (C=O) groups is 2. The van der Waals surface area contributed by atoms with Crippen molar-refractivity contribution < 1.29 is 19.4 Å². The predicted molar refractivity (Wildman–Crippen MR) is 44.2 cm³/mol. The Kier molecular flexibility index (Phi) is 3.39. The molecule has 5 nitrogen and oxygen atoms in total. The van der Waals surface area contributed by atoms with Gasteiger partial charge in [0.15, 0.2) is 11.8 Å². The summed E-state index contributed by atoms with van der Waals surface area (Å²) >= 11 is 0. The first-order valence-corrected chi connectivity index (χ1v) is 4.23. The average Bonchev–Trinajstić information content (AvgIpc) is 2.17. The van der Waals surface area contributed by atoms with Crippen LogP contribution < -0.4 is 5.73 Å². The van der Waals surface area contributed by atoms with Gasteiger partial charge in [0.1, 0.15) is 0 Å². The molecule has 0 bridgehead atoms. The van der Waals surface area contributed by atoms with E-state index in [1.807, 2.05) is 0 Å². The number of ketones is 1. The monoisotopic (exact) mass is 187 g/mol. The van der Waals surface area contributed by atoms with Crippen molar-refractivity contribution in [3.8, 4) is 0 Å². The highest BCUT2D eigenvalue weighted by Crippen LogP contribution is 2.16. The van der Waals surface area contributed by atoms with E-state index in [1.54, 1.807) is 0 Å². The molecule has 1 unspecified atom stereocenters. The van der Waals surface area contributed by atoms with E-state index in [1.165, 1.54) is 0 Å². The molecule has 0 aromatic rings. The molecule has 1 aliphatic heterocycles. The van der Waals surface area contributed by atoms with Crippen molar-refractivity contribution in [1.82, 2.24) is 0 Å². The highest BCUT2D eigenvalue weighted by atomic mass is 16.5. The van der Waals surface area contributed by atoms with Crippen LogP contribution in [0.25, 0.3) is 0 Å². The van der Waals surface area contributed by atoms with Gasteiger partial charge in [-0.2, -0.15) is 0 Å². The standard InChI is InChI=1S/C8H13NO4/c9-6(8(11)12)7(10)5-1-3-13-4-2-5/h5-6H,1-4,9H2,(H,11,12). The Morgan fingerprint density at radius 3 is 2.38 bits per heavy atom. The molecule has 0 saturated carbocycles. The summed E-state index contributed by atoms with van der Waals surface area (Å²) < 4.78 is 5.05. The molecule has 5 heteroatoms. The summed E-state index contributed by atoms with van der Waals surface area (Å²) in [6, 6.07) is -1.37. The average molecular weight is 187 g/mol. The number of hydrogen-bond acceptors (Lipinski definition) is 4. The zero-order valence-electron chi connectivity index (χ0n) is 7.23. The highest BCUT2D eigenvalue weighted by molar-refractivity contribution is 6.03. The van der Waals surface area contributed by atoms with Crippen LogP contribution >= 0.6 is 0 Å². The summed E-state index contributed by atoms with van der Waals surface area (Å²) in [5.41, 5.74) is 5.20. The van der Waals surface area contributed by atoms with E-state index >= 15 is 0 Å². The molecular formula is C8H13NO4. The third-order valence-corrected chi connectivity index (χ3v) is 2.20. The molecule has 0 amide bonds. The lowest BCUT2D eigenvalue weighted by molar-refractivity contribution is -0.144. The number of carboxylic acids is 1. The number of aliphatic carboxylic acids is 1. The van der Waals surface area contributed by atoms with E-state index in [2.05, 4.69) is 0 Å². The third kappa shape index (κ3) is 2.50. The van der Waals surface area contributed by atoms with Crippen molar-refractivity contribution in [3.63, 3.8) is 0 Å². The molecule has 13 heavy (non-hydrogen) atoms. The van der Waals surface area contributed by atoms with Crippen LogP contribution in [0.1, 0.15) is 12.8 Å². The zero-order chi connectivity index (χ0) is 9.84. The molecule has 0 aromatic carbocycles. The van der Waals surface area contributed by atoms with Crippen LogP contribution in [0.5, 0.6) is 0 Å². The molecule has 1 fully saturated rings. The lowest BCUT2D eigenvalue weighted by Gasteiger charge is -2.21. The molecule has 0 aliphatic carbocycles. The fourth-order valence-corrected chi connectivity index (χ4v) is 1.36. The molecular weight excluding hydrogens is 174 g/mol. The number of carbonyl (C=O) groups excluding carboxylic acids is 1. The molecule has 74 valence electrons. The van der Waals surface area contributed by atoms with Crippen LogP contribution in [0.3, 0.4) is 0 Å². The number of ether oxygens (including phenoxy) is 1. The minimum absolute atomic E-state index is 0.236. The molecule has 3 N–H and O–H groups in total. The third-order valence-electron chi connectivity index (χ3n) is 2.20. The Labute approximate surface area is 75.9 Å². The predicted octanol–water partition coefficient (Wildman–Crippen LogP) is -0.606. The van der Waals surface area contributed by atoms with Crippen molar-refractivity contribution in [2.75, 3.05) is 13.2 Å². The number of nitrogens with two attached hydrogens (primary N) is 1. The Bertz CT molecular complexity index is 210. The fraction of sp³-hybridized carbons (Fsp3) is 0.750. The quantitative estimate of drug-likeness (QED) is 0.575. The summed E-state index contributed by atoms with van der Waals surface area (Å²) in [5.74, 6) is -1.87. The van der Waals surface area contributed by atoms with E-state index in [0.717, 1.165) is 0 Å². The highest BCUT2D eigenvalue weighted by Gasteiger charge is 2.30. The number of carboxylic acid groups (broad SMARTS) is 1. The van der Waals surface area contributed by atoms with Crippen molar-refractivity contribution in [2.24, 2.45) is 11.7 Å². The number of rotatable bonds is 3. The van der Waals surface area contributed by atoms with Gasteiger partial charge in [-0.15, -0.1) is 0 Å². The van der Waals surface area contributed by atoms with Crippen molar-refractivity contribution in [2.45, 2.75) is 18.9 Å². The Morgan fingerprint density at radius 2 is 1.92 bits per heavy atom. The van der Waals surface area contributed by atoms with E-state index in [4.69, 9.17) is 15.6 Å². The van der Waals surface area contributed by atoms with Crippen LogP contribution in [-0.2, 0) is 14.3 Å². The lowest BCUT2D eigenvalue weighted by Crippen LogP contribution is -2.43. The van der Waals surface area contributed by atoms with Gasteiger partial charge in [0.2, 0.25) is 0 Å². The minimum Gasteiger partial charge on any atom is -0.480 e. The minimum atomic E-state index is -1.37. The van der Waals surface area contributed by atoms with Gasteiger partial charge in [0.25, 0.3) is 0 Å². The second-order valence-electron chi connectivity index (χ2n) is 3.10. The van der Waals surface area contributed by atoms with E-state index in [0.29, 0.717) is 26.1 Å². The van der Waals surface area contributed by atoms with Gasteiger partial charge in [0.05, 0.1) is 0 Å². The van der Waals surface area contributed by atoms with E-state index in [-0.39, 0.29) is 11.7 Å². The first-order valence-electron chi connectivity index (χ1n) is 4.23. The van der Waals surface area contributed by atoms with Gasteiger partial charge in [0, 0.05) is 19.1 Å². The molecule has 0 spiro atoms. The maximum atomic E-state index is 11.4. The second kappa shape index (κ2) is 4.34. The van der Waals surface area contributed by atoms with Gasteiger partial charge in [-0.05, 0) is 12.8 Å². The maximum Gasteiger partial charge on any atom is 0.328 e. The number of hydrogen-bond donors (Lipinski definition) is 2. The maximum absolute atomic E-state index is 11.4. The summed E-state index contributed by atoms with van der Waals surface area (Å²) in [7, 11) is 0. The lowest BCUT2D eigenvalue weighted by atomic mass is 9.91. The number of Topliss-reactive ketones (excluding diaryl/α,β-unsaturated/α-hetero) is 1. The van der Waals surface area contributed by atoms with Crippen LogP contribution in [0.15, 0.2) is 0 Å². The first kappa shape index (κ1) is 10.1. The van der Waals surface area contributed by atoms with Crippen LogP contribution in [0.4, 0.5) is 0 Å². The summed E-state index contributed by atoms with van der Waals surface area (Å²) in [6.07, 6.45) is 1.17. The molecule has 1 saturated heterocycles. The topological polar surface area (TPSA) is 89.6 Å². The molecule has 1 rings (SSSR count). The van der Waals surface area contributed by atoms with Crippen molar-refractivity contribution in [1.29, 1.82) is 0 Å². The van der Waals surface area contributed by atoms with Gasteiger partial charge in [-0.1, -0.05) is 0 Å². The fourth-order valence-electron chi connectivity index (χ4n) is 1.36.